The maximum absolute atomic E-state index is 13.7. The quantitative estimate of drug-likeness (QED) is 0.608. The van der Waals surface area contributed by atoms with E-state index in [1.54, 1.807) is 17.2 Å². The Balaban J connectivity index is 1.66. The van der Waals surface area contributed by atoms with Crippen molar-refractivity contribution < 1.29 is 14.0 Å². The molecular formula is C27H28FN3O2. The average molecular weight is 446 g/mol. The molecule has 1 aliphatic rings. The smallest absolute Gasteiger partial charge is 0.253 e. The number of hydrogen-bond acceptors (Lipinski definition) is 3. The van der Waals surface area contributed by atoms with Crippen LogP contribution < -0.4 is 5.32 Å². The van der Waals surface area contributed by atoms with Gasteiger partial charge in [-0.25, -0.2) is 4.39 Å². The summed E-state index contributed by atoms with van der Waals surface area (Å²) in [6, 6.07) is 17.6. The molecule has 1 aromatic heterocycles. The SMILES string of the molecule is CC(C)NC(=O)C1(Cc2ccccc2-c2cccnc2)CCN(C(=O)c2cccc(F)c2)C1. The van der Waals surface area contributed by atoms with Gasteiger partial charge in [-0.15, -0.1) is 0 Å². The molecule has 6 heteroatoms. The number of hydrogen-bond donors (Lipinski definition) is 1. The Kier molecular flexibility index (Phi) is 6.54. The lowest BCUT2D eigenvalue weighted by Gasteiger charge is -2.30. The first-order valence-electron chi connectivity index (χ1n) is 11.2. The van der Waals surface area contributed by atoms with E-state index < -0.39 is 11.2 Å². The number of halogens is 1. The molecule has 0 spiro atoms. The number of amides is 2. The van der Waals surface area contributed by atoms with Crippen molar-refractivity contribution in [2.75, 3.05) is 13.1 Å². The molecule has 2 amide bonds. The molecule has 5 nitrogen and oxygen atoms in total. The first kappa shape index (κ1) is 22.6. The maximum Gasteiger partial charge on any atom is 0.253 e. The summed E-state index contributed by atoms with van der Waals surface area (Å²) in [5.74, 6) is -0.767. The van der Waals surface area contributed by atoms with E-state index in [1.807, 2.05) is 56.4 Å². The summed E-state index contributed by atoms with van der Waals surface area (Å²) in [5, 5.41) is 3.06. The van der Waals surface area contributed by atoms with E-state index in [0.717, 1.165) is 16.7 Å². The Bertz CT molecular complexity index is 1150. The molecule has 170 valence electrons. The zero-order chi connectivity index (χ0) is 23.4. The highest BCUT2D eigenvalue weighted by Gasteiger charge is 2.46. The van der Waals surface area contributed by atoms with Gasteiger partial charge in [-0.2, -0.15) is 0 Å². The highest BCUT2D eigenvalue weighted by atomic mass is 19.1. The minimum absolute atomic E-state index is 0.0177. The molecule has 0 bridgehead atoms. The molecule has 0 aliphatic carbocycles. The second-order valence-corrected chi connectivity index (χ2v) is 8.97. The van der Waals surface area contributed by atoms with Crippen LogP contribution in [0.3, 0.4) is 0 Å². The zero-order valence-electron chi connectivity index (χ0n) is 18.9. The Morgan fingerprint density at radius 3 is 2.67 bits per heavy atom. The fraction of sp³-hybridized carbons (Fsp3) is 0.296. The number of aromatic nitrogens is 1. The standard InChI is InChI=1S/C27H28FN3O2/c1-19(2)30-26(33)27(12-14-31(18-27)25(32)20-8-5-10-23(28)15-20)16-21-7-3-4-11-24(21)22-9-6-13-29-17-22/h3-11,13,15,17,19H,12,14,16,18H2,1-2H3,(H,30,33). The van der Waals surface area contributed by atoms with Crippen molar-refractivity contribution in [1.82, 2.24) is 15.2 Å². The van der Waals surface area contributed by atoms with Crippen molar-refractivity contribution in [1.29, 1.82) is 0 Å². The van der Waals surface area contributed by atoms with E-state index in [1.165, 1.54) is 18.2 Å². The largest absolute Gasteiger partial charge is 0.353 e. The van der Waals surface area contributed by atoms with Crippen LogP contribution in [0.2, 0.25) is 0 Å². The normalized spacial score (nSPS) is 17.9. The lowest BCUT2D eigenvalue weighted by atomic mass is 9.78. The van der Waals surface area contributed by atoms with Crippen LogP contribution in [0.15, 0.2) is 73.1 Å². The second-order valence-electron chi connectivity index (χ2n) is 8.97. The maximum atomic E-state index is 13.7. The van der Waals surface area contributed by atoms with Gasteiger partial charge in [-0.05, 0) is 62.1 Å². The third kappa shape index (κ3) is 4.95. The van der Waals surface area contributed by atoms with Crippen LogP contribution in [0.4, 0.5) is 4.39 Å². The molecule has 1 aliphatic heterocycles. The zero-order valence-corrected chi connectivity index (χ0v) is 18.9. The summed E-state index contributed by atoms with van der Waals surface area (Å²) in [6.07, 6.45) is 4.57. The van der Waals surface area contributed by atoms with E-state index in [-0.39, 0.29) is 24.4 Å². The van der Waals surface area contributed by atoms with Crippen molar-refractivity contribution in [2.24, 2.45) is 5.41 Å². The van der Waals surface area contributed by atoms with Gasteiger partial charge in [0.1, 0.15) is 5.82 Å². The van der Waals surface area contributed by atoms with Crippen LogP contribution in [0.1, 0.15) is 36.2 Å². The third-order valence-corrected chi connectivity index (χ3v) is 6.13. The summed E-state index contributed by atoms with van der Waals surface area (Å²) in [6.45, 7) is 4.58. The van der Waals surface area contributed by atoms with E-state index in [9.17, 15) is 14.0 Å². The van der Waals surface area contributed by atoms with Crippen LogP contribution in [0.25, 0.3) is 11.1 Å². The highest BCUT2D eigenvalue weighted by molar-refractivity contribution is 5.95. The van der Waals surface area contributed by atoms with E-state index >= 15 is 0 Å². The first-order valence-corrected chi connectivity index (χ1v) is 11.2. The van der Waals surface area contributed by atoms with Crippen molar-refractivity contribution in [2.45, 2.75) is 32.7 Å². The van der Waals surface area contributed by atoms with Gasteiger partial charge in [0, 0.05) is 42.7 Å². The van der Waals surface area contributed by atoms with Gasteiger partial charge in [-0.3, -0.25) is 14.6 Å². The second kappa shape index (κ2) is 9.53. The summed E-state index contributed by atoms with van der Waals surface area (Å²) >= 11 is 0. The molecule has 4 rings (SSSR count). The Hall–Kier alpha value is -3.54. The fourth-order valence-electron chi connectivity index (χ4n) is 4.52. The van der Waals surface area contributed by atoms with Crippen LogP contribution in [-0.4, -0.2) is 40.8 Å². The van der Waals surface area contributed by atoms with Crippen LogP contribution in [0, 0.1) is 11.2 Å². The van der Waals surface area contributed by atoms with Gasteiger partial charge in [0.2, 0.25) is 5.91 Å². The van der Waals surface area contributed by atoms with Crippen molar-refractivity contribution in [3.8, 4) is 11.1 Å². The molecule has 1 saturated heterocycles. The van der Waals surface area contributed by atoms with E-state index in [4.69, 9.17) is 0 Å². The van der Waals surface area contributed by atoms with Gasteiger partial charge < -0.3 is 10.2 Å². The van der Waals surface area contributed by atoms with Crippen LogP contribution in [0.5, 0.6) is 0 Å². The van der Waals surface area contributed by atoms with Crippen molar-refractivity contribution in [3.05, 3.63) is 90.0 Å². The lowest BCUT2D eigenvalue weighted by Crippen LogP contribution is -2.47. The number of nitrogens with zero attached hydrogens (tertiary/aromatic N) is 2. The van der Waals surface area contributed by atoms with Crippen LogP contribution in [-0.2, 0) is 11.2 Å². The number of carbonyl (C=O) groups is 2. The van der Waals surface area contributed by atoms with Gasteiger partial charge in [0.05, 0.1) is 5.41 Å². The Labute approximate surface area is 193 Å². The minimum Gasteiger partial charge on any atom is -0.353 e. The fourth-order valence-corrected chi connectivity index (χ4v) is 4.52. The predicted molar refractivity (Wildman–Crippen MR) is 126 cm³/mol. The monoisotopic (exact) mass is 445 g/mol. The Morgan fingerprint density at radius 2 is 1.94 bits per heavy atom. The van der Waals surface area contributed by atoms with Crippen molar-refractivity contribution >= 4 is 11.8 Å². The van der Waals surface area contributed by atoms with Gasteiger partial charge in [0.25, 0.3) is 5.91 Å². The lowest BCUT2D eigenvalue weighted by molar-refractivity contribution is -0.130. The molecule has 33 heavy (non-hydrogen) atoms. The Morgan fingerprint density at radius 1 is 1.12 bits per heavy atom. The molecule has 1 fully saturated rings. The molecule has 1 N–H and O–H groups in total. The van der Waals surface area contributed by atoms with Crippen molar-refractivity contribution in [3.63, 3.8) is 0 Å². The average Bonchev–Trinajstić information content (AvgIpc) is 3.24. The van der Waals surface area contributed by atoms with E-state index in [2.05, 4.69) is 10.3 Å². The molecule has 1 unspecified atom stereocenters. The van der Waals surface area contributed by atoms with Gasteiger partial charge in [-0.1, -0.05) is 36.4 Å². The summed E-state index contributed by atoms with van der Waals surface area (Å²) in [7, 11) is 0. The molecule has 1 atom stereocenters. The molecule has 2 heterocycles. The number of benzene rings is 2. The van der Waals surface area contributed by atoms with Gasteiger partial charge >= 0.3 is 0 Å². The highest BCUT2D eigenvalue weighted by Crippen LogP contribution is 2.38. The minimum atomic E-state index is -0.772. The number of rotatable bonds is 6. The number of carbonyl (C=O) groups excluding carboxylic acids is 2. The summed E-state index contributed by atoms with van der Waals surface area (Å²) < 4.78 is 13.7. The van der Waals surface area contributed by atoms with Crippen LogP contribution >= 0.6 is 0 Å². The van der Waals surface area contributed by atoms with E-state index in [0.29, 0.717) is 24.9 Å². The molecule has 3 aromatic rings. The number of nitrogens with one attached hydrogen (secondary N) is 1. The molecule has 0 radical (unpaired) electrons. The summed E-state index contributed by atoms with van der Waals surface area (Å²) in [4.78, 5) is 32.5. The van der Waals surface area contributed by atoms with Gasteiger partial charge in [0.15, 0.2) is 0 Å². The molecule has 0 saturated carbocycles. The first-order chi connectivity index (χ1) is 15.9. The molecule has 2 aromatic carbocycles. The third-order valence-electron chi connectivity index (χ3n) is 6.13. The number of pyridine rings is 1. The summed E-state index contributed by atoms with van der Waals surface area (Å²) in [5.41, 5.74) is 2.57. The predicted octanol–water partition coefficient (Wildman–Crippen LogP) is 4.49. The number of likely N-dealkylation sites (tertiary alicyclic amines) is 1. The topological polar surface area (TPSA) is 62.3 Å². The molecular weight excluding hydrogens is 417 g/mol.